The van der Waals surface area contributed by atoms with Crippen LogP contribution in [0.4, 0.5) is 17.3 Å². The normalized spacial score (nSPS) is 19.4. The van der Waals surface area contributed by atoms with Crippen LogP contribution in [0.1, 0.15) is 64.7 Å². The number of aromatic nitrogens is 3. The minimum atomic E-state index is -1.29. The molecule has 4 aromatic rings. The molecule has 258 valence electrons. The molecule has 3 heterocycles. The summed E-state index contributed by atoms with van der Waals surface area (Å²) >= 11 is 12.6. The van der Waals surface area contributed by atoms with Crippen molar-refractivity contribution < 1.29 is 19.2 Å². The molecule has 2 aromatic heterocycles. The summed E-state index contributed by atoms with van der Waals surface area (Å²) in [7, 11) is 0. The molecular weight excluding hydrogens is 681 g/mol. The summed E-state index contributed by atoms with van der Waals surface area (Å²) in [6.07, 6.45) is 5.30. The van der Waals surface area contributed by atoms with Crippen molar-refractivity contribution in [2.24, 2.45) is 5.73 Å². The van der Waals surface area contributed by atoms with Gasteiger partial charge >= 0.3 is 0 Å². The molecule has 4 amide bonds. The van der Waals surface area contributed by atoms with E-state index in [4.69, 9.17) is 34.7 Å². The largest absolute Gasteiger partial charge is 0.399 e. The van der Waals surface area contributed by atoms with Crippen molar-refractivity contribution >= 4 is 64.2 Å². The van der Waals surface area contributed by atoms with E-state index in [0.29, 0.717) is 71.5 Å². The molecule has 0 spiro atoms. The summed E-state index contributed by atoms with van der Waals surface area (Å²) in [5.41, 5.74) is 11.2. The number of hydrogen-bond acceptors (Lipinski definition) is 8. The van der Waals surface area contributed by atoms with Gasteiger partial charge < -0.3 is 27.4 Å². The number of amides is 4. The van der Waals surface area contributed by atoms with Crippen molar-refractivity contribution in [1.82, 2.24) is 30.5 Å². The van der Waals surface area contributed by atoms with Crippen LogP contribution >= 0.6 is 23.2 Å². The second-order valence-electron chi connectivity index (χ2n) is 13.3. The van der Waals surface area contributed by atoms with Gasteiger partial charge in [-0.05, 0) is 80.6 Å². The Labute approximate surface area is 297 Å². The molecule has 0 unspecified atom stereocenters. The van der Waals surface area contributed by atoms with Crippen molar-refractivity contribution in [3.63, 3.8) is 0 Å². The Morgan fingerprint density at radius 2 is 1.60 bits per heavy atom. The number of nitrogens with zero attached hydrogens (tertiary/aromatic N) is 4. The maximum atomic E-state index is 14.3. The van der Waals surface area contributed by atoms with E-state index in [1.54, 1.807) is 54.0 Å². The minimum absolute atomic E-state index is 0.118. The summed E-state index contributed by atoms with van der Waals surface area (Å²) in [5, 5.41) is 9.45. The van der Waals surface area contributed by atoms with E-state index in [-0.39, 0.29) is 35.8 Å². The average Bonchev–Trinajstić information content (AvgIpc) is 3.99. The van der Waals surface area contributed by atoms with Crippen LogP contribution in [-0.4, -0.2) is 56.8 Å². The van der Waals surface area contributed by atoms with Gasteiger partial charge in [0.2, 0.25) is 11.9 Å². The summed E-state index contributed by atoms with van der Waals surface area (Å²) < 4.78 is 1.61. The van der Waals surface area contributed by atoms with E-state index < -0.39 is 22.5 Å². The topological polar surface area (TPSA) is 190 Å². The van der Waals surface area contributed by atoms with E-state index in [0.717, 1.165) is 5.56 Å². The van der Waals surface area contributed by atoms with Gasteiger partial charge in [0.05, 0.1) is 28.7 Å². The SMILES string of the molecule is C[C@@]1(Cc2ccc(N)cc2)C(=O)N(c2cc(Cl)cc(Cl)c2)c2ncc(C(=O)NC3(C(=O)NC4(c5ccc(C(=O)NCCN)cn5)CC4)CC3)n21. The molecule has 2 fully saturated rings. The molecular formula is C35H35Cl2N9O4. The lowest BCUT2D eigenvalue weighted by atomic mass is 9.91. The maximum absolute atomic E-state index is 14.3. The number of nitrogen functional groups attached to an aromatic ring is 1. The number of rotatable bonds is 11. The molecule has 0 radical (unpaired) electrons. The Bertz CT molecular complexity index is 2000. The predicted octanol–water partition coefficient (Wildman–Crippen LogP) is 3.56. The molecule has 2 saturated carbocycles. The number of pyridine rings is 1. The third-order valence-electron chi connectivity index (χ3n) is 9.55. The lowest BCUT2D eigenvalue weighted by molar-refractivity contribution is -0.125. The number of fused-ring (bicyclic) bond motifs is 1. The van der Waals surface area contributed by atoms with Gasteiger partial charge in [0.15, 0.2) is 0 Å². The zero-order valence-electron chi connectivity index (χ0n) is 27.1. The highest BCUT2D eigenvalue weighted by Crippen LogP contribution is 2.47. The molecule has 13 nitrogen and oxygen atoms in total. The summed E-state index contributed by atoms with van der Waals surface area (Å²) in [6, 6.07) is 15.3. The van der Waals surface area contributed by atoms with Crippen LogP contribution in [0.15, 0.2) is 67.0 Å². The highest BCUT2D eigenvalue weighted by Gasteiger charge is 2.57. The van der Waals surface area contributed by atoms with Gasteiger partial charge in [0.1, 0.15) is 16.8 Å². The quantitative estimate of drug-likeness (QED) is 0.146. The highest BCUT2D eigenvalue weighted by atomic mass is 35.5. The van der Waals surface area contributed by atoms with Crippen LogP contribution in [-0.2, 0) is 27.1 Å². The Hall–Kier alpha value is -4.98. The number of carbonyl (C=O) groups is 4. The van der Waals surface area contributed by atoms with Gasteiger partial charge in [-0.15, -0.1) is 0 Å². The minimum Gasteiger partial charge on any atom is -0.399 e. The van der Waals surface area contributed by atoms with Crippen LogP contribution in [0.2, 0.25) is 10.0 Å². The van der Waals surface area contributed by atoms with Crippen LogP contribution in [0, 0.1) is 0 Å². The fourth-order valence-electron chi connectivity index (χ4n) is 6.48. The number of nitrogens with two attached hydrogens (primary N) is 2. The van der Waals surface area contributed by atoms with Gasteiger partial charge in [0, 0.05) is 41.4 Å². The first-order chi connectivity index (χ1) is 23.9. The van der Waals surface area contributed by atoms with Crippen LogP contribution < -0.4 is 32.3 Å². The molecule has 50 heavy (non-hydrogen) atoms. The second-order valence-corrected chi connectivity index (χ2v) is 14.2. The smallest absolute Gasteiger partial charge is 0.270 e. The molecule has 2 aliphatic carbocycles. The molecule has 1 aliphatic heterocycles. The first kappa shape index (κ1) is 33.5. The number of halogens is 2. The third kappa shape index (κ3) is 5.95. The first-order valence-electron chi connectivity index (χ1n) is 16.2. The van der Waals surface area contributed by atoms with E-state index in [1.165, 1.54) is 17.3 Å². The molecule has 0 bridgehead atoms. The number of carbonyl (C=O) groups excluding carboxylic acids is 4. The van der Waals surface area contributed by atoms with E-state index >= 15 is 0 Å². The summed E-state index contributed by atoms with van der Waals surface area (Å²) in [5.74, 6) is -1.27. The Kier molecular flexibility index (Phi) is 8.32. The number of hydrogen-bond donors (Lipinski definition) is 5. The number of imidazole rings is 1. The first-order valence-corrected chi connectivity index (χ1v) is 17.0. The summed E-state index contributed by atoms with van der Waals surface area (Å²) in [6.45, 7) is 2.42. The highest BCUT2D eigenvalue weighted by molar-refractivity contribution is 6.35. The zero-order valence-corrected chi connectivity index (χ0v) is 28.6. The monoisotopic (exact) mass is 715 g/mol. The van der Waals surface area contributed by atoms with E-state index in [9.17, 15) is 19.2 Å². The second kappa shape index (κ2) is 12.4. The standard InChI is InChI=1S/C35H35Cl2N9O4/c1-33(17-20-2-5-24(39)6-3-20)31(50)45(25-15-22(36)14-23(37)16-25)32-42-19-26(46(32)33)29(48)43-35(10-11-35)30(49)44-34(8-9-34)27-7-4-21(18-41-27)28(47)40-13-12-38/h2-7,14-16,18-19H,8-13,17,38-39H2,1H3,(H,40,47)(H,43,48)(H,44,49)/t33-/m1/s1. The zero-order chi connectivity index (χ0) is 35.4. The van der Waals surface area contributed by atoms with Gasteiger partial charge in [-0.1, -0.05) is 35.3 Å². The molecule has 15 heteroatoms. The van der Waals surface area contributed by atoms with Crippen LogP contribution in [0.3, 0.4) is 0 Å². The number of nitrogens with one attached hydrogen (secondary N) is 3. The molecule has 1 atom stereocenters. The van der Waals surface area contributed by atoms with Crippen molar-refractivity contribution in [3.8, 4) is 0 Å². The Balaban J connectivity index is 1.15. The maximum Gasteiger partial charge on any atom is 0.270 e. The number of benzene rings is 2. The average molecular weight is 717 g/mol. The van der Waals surface area contributed by atoms with Crippen molar-refractivity contribution in [3.05, 3.63) is 99.6 Å². The lowest BCUT2D eigenvalue weighted by Gasteiger charge is -2.27. The predicted molar refractivity (Wildman–Crippen MR) is 188 cm³/mol. The third-order valence-corrected chi connectivity index (χ3v) is 9.99. The van der Waals surface area contributed by atoms with Crippen molar-refractivity contribution in [2.75, 3.05) is 23.7 Å². The van der Waals surface area contributed by atoms with Gasteiger partial charge in [-0.2, -0.15) is 0 Å². The van der Waals surface area contributed by atoms with Crippen molar-refractivity contribution in [1.29, 1.82) is 0 Å². The van der Waals surface area contributed by atoms with E-state index in [2.05, 4.69) is 25.9 Å². The fraction of sp³-hybridized carbons (Fsp3) is 0.314. The molecule has 7 N–H and O–H groups in total. The Morgan fingerprint density at radius 3 is 2.20 bits per heavy atom. The molecule has 3 aliphatic rings. The van der Waals surface area contributed by atoms with Crippen LogP contribution in [0.5, 0.6) is 0 Å². The molecule has 0 saturated heterocycles. The fourth-order valence-corrected chi connectivity index (χ4v) is 7.00. The molecule has 7 rings (SSSR count). The van der Waals surface area contributed by atoms with E-state index in [1.807, 2.05) is 12.1 Å². The van der Waals surface area contributed by atoms with Crippen molar-refractivity contribution in [2.45, 2.75) is 55.6 Å². The molecule has 2 aromatic carbocycles. The van der Waals surface area contributed by atoms with Crippen LogP contribution in [0.25, 0.3) is 0 Å². The lowest BCUT2D eigenvalue weighted by Crippen LogP contribution is -2.52. The van der Waals surface area contributed by atoms with Gasteiger partial charge in [-0.3, -0.25) is 28.7 Å². The number of anilines is 3. The van der Waals surface area contributed by atoms with Gasteiger partial charge in [-0.25, -0.2) is 9.88 Å². The summed E-state index contributed by atoms with van der Waals surface area (Å²) in [4.78, 5) is 64.9. The van der Waals surface area contributed by atoms with Gasteiger partial charge in [0.25, 0.3) is 17.7 Å². The Morgan fingerprint density at radius 1 is 0.900 bits per heavy atom.